The van der Waals surface area contributed by atoms with Gasteiger partial charge in [-0.3, -0.25) is 4.79 Å². The first-order valence-electron chi connectivity index (χ1n) is 6.86. The molecule has 0 aliphatic heterocycles. The fourth-order valence-corrected chi connectivity index (χ4v) is 3.15. The lowest BCUT2D eigenvalue weighted by atomic mass is 9.80. The van der Waals surface area contributed by atoms with E-state index in [4.69, 9.17) is 5.73 Å². The van der Waals surface area contributed by atoms with Gasteiger partial charge in [-0.25, -0.2) is 0 Å². The maximum Gasteiger partial charge on any atom is 0.166 e. The lowest BCUT2D eigenvalue weighted by Crippen LogP contribution is -2.30. The SMILES string of the molecule is Cc1cc(C)c(C(=O)C2CCC(N)CC2)c(C)c1. The summed E-state index contributed by atoms with van der Waals surface area (Å²) in [6, 6.07) is 4.51. The number of carbonyl (C=O) groups excluding carboxylic acids is 1. The van der Waals surface area contributed by atoms with E-state index in [1.807, 2.05) is 13.8 Å². The predicted octanol–water partition coefficient (Wildman–Crippen LogP) is 3.31. The first-order valence-corrected chi connectivity index (χ1v) is 6.86. The van der Waals surface area contributed by atoms with Crippen molar-refractivity contribution in [1.29, 1.82) is 0 Å². The summed E-state index contributed by atoms with van der Waals surface area (Å²) >= 11 is 0. The molecule has 0 bridgehead atoms. The molecule has 2 heteroatoms. The highest BCUT2D eigenvalue weighted by Crippen LogP contribution is 2.29. The number of aryl methyl sites for hydroxylation is 3. The van der Waals surface area contributed by atoms with Crippen LogP contribution in [0.4, 0.5) is 0 Å². The van der Waals surface area contributed by atoms with E-state index < -0.39 is 0 Å². The van der Waals surface area contributed by atoms with Crippen molar-refractivity contribution in [2.45, 2.75) is 52.5 Å². The van der Waals surface area contributed by atoms with Crippen molar-refractivity contribution in [2.24, 2.45) is 11.7 Å². The number of rotatable bonds is 2. The van der Waals surface area contributed by atoms with Crippen LogP contribution in [0.5, 0.6) is 0 Å². The number of Topliss-reactive ketones (excluding diaryl/α,β-unsaturated/α-hetero) is 1. The predicted molar refractivity (Wildman–Crippen MR) is 74.9 cm³/mol. The van der Waals surface area contributed by atoms with E-state index in [2.05, 4.69) is 19.1 Å². The second kappa shape index (κ2) is 5.23. The van der Waals surface area contributed by atoms with Crippen LogP contribution >= 0.6 is 0 Å². The third-order valence-electron chi connectivity index (χ3n) is 4.07. The van der Waals surface area contributed by atoms with E-state index >= 15 is 0 Å². The Balaban J connectivity index is 2.24. The summed E-state index contributed by atoms with van der Waals surface area (Å²) in [7, 11) is 0. The topological polar surface area (TPSA) is 43.1 Å². The van der Waals surface area contributed by atoms with Gasteiger partial charge in [-0.15, -0.1) is 0 Å². The van der Waals surface area contributed by atoms with E-state index in [0.717, 1.165) is 42.4 Å². The molecular weight excluding hydrogens is 222 g/mol. The number of carbonyl (C=O) groups is 1. The van der Waals surface area contributed by atoms with Gasteiger partial charge in [0.2, 0.25) is 0 Å². The zero-order valence-electron chi connectivity index (χ0n) is 11.6. The van der Waals surface area contributed by atoms with Crippen LogP contribution in [0.1, 0.15) is 52.7 Å². The largest absolute Gasteiger partial charge is 0.328 e. The Bertz CT molecular complexity index is 433. The summed E-state index contributed by atoms with van der Waals surface area (Å²) in [5.41, 5.74) is 10.3. The zero-order valence-corrected chi connectivity index (χ0v) is 11.6. The number of hydrogen-bond donors (Lipinski definition) is 1. The van der Waals surface area contributed by atoms with Crippen molar-refractivity contribution in [1.82, 2.24) is 0 Å². The average Bonchev–Trinajstić information content (AvgIpc) is 2.28. The molecule has 1 aromatic carbocycles. The molecule has 1 aliphatic carbocycles. The van der Waals surface area contributed by atoms with Crippen LogP contribution in [-0.2, 0) is 0 Å². The summed E-state index contributed by atoms with van der Waals surface area (Å²) in [6.07, 6.45) is 3.88. The van der Waals surface area contributed by atoms with E-state index in [1.165, 1.54) is 5.56 Å². The van der Waals surface area contributed by atoms with Crippen LogP contribution < -0.4 is 5.73 Å². The molecule has 0 unspecified atom stereocenters. The molecule has 1 saturated carbocycles. The van der Waals surface area contributed by atoms with Gasteiger partial charge in [0.25, 0.3) is 0 Å². The second-order valence-electron chi connectivity index (χ2n) is 5.75. The normalized spacial score (nSPS) is 24.0. The van der Waals surface area contributed by atoms with Crippen LogP contribution in [-0.4, -0.2) is 11.8 Å². The Labute approximate surface area is 110 Å². The highest BCUT2D eigenvalue weighted by molar-refractivity contribution is 6.00. The molecule has 0 saturated heterocycles. The van der Waals surface area contributed by atoms with Crippen molar-refractivity contribution in [2.75, 3.05) is 0 Å². The highest BCUT2D eigenvalue weighted by Gasteiger charge is 2.27. The van der Waals surface area contributed by atoms with Gasteiger partial charge in [-0.1, -0.05) is 17.7 Å². The molecule has 0 radical (unpaired) electrons. The van der Waals surface area contributed by atoms with Crippen molar-refractivity contribution < 1.29 is 4.79 Å². The first-order chi connectivity index (χ1) is 8.49. The third-order valence-corrected chi connectivity index (χ3v) is 4.07. The molecule has 2 N–H and O–H groups in total. The van der Waals surface area contributed by atoms with E-state index in [0.29, 0.717) is 11.8 Å². The number of hydrogen-bond acceptors (Lipinski definition) is 2. The number of nitrogens with two attached hydrogens (primary N) is 1. The monoisotopic (exact) mass is 245 g/mol. The second-order valence-corrected chi connectivity index (χ2v) is 5.75. The molecule has 2 rings (SSSR count). The fraction of sp³-hybridized carbons (Fsp3) is 0.562. The molecule has 2 nitrogen and oxygen atoms in total. The summed E-state index contributed by atoms with van der Waals surface area (Å²) < 4.78 is 0. The summed E-state index contributed by atoms with van der Waals surface area (Å²) in [5, 5.41) is 0. The fourth-order valence-electron chi connectivity index (χ4n) is 3.15. The molecule has 1 aromatic rings. The minimum Gasteiger partial charge on any atom is -0.328 e. The third kappa shape index (κ3) is 2.64. The Kier molecular flexibility index (Phi) is 3.86. The van der Waals surface area contributed by atoms with E-state index in [-0.39, 0.29) is 5.92 Å². The van der Waals surface area contributed by atoms with Gasteiger partial charge in [-0.2, -0.15) is 0 Å². The summed E-state index contributed by atoms with van der Waals surface area (Å²) in [6.45, 7) is 6.16. The molecule has 0 heterocycles. The van der Waals surface area contributed by atoms with Crippen molar-refractivity contribution in [3.8, 4) is 0 Å². The van der Waals surface area contributed by atoms with Crippen LogP contribution in [0.25, 0.3) is 0 Å². The van der Waals surface area contributed by atoms with Gasteiger partial charge in [0.1, 0.15) is 0 Å². The molecular formula is C16H23NO. The smallest absolute Gasteiger partial charge is 0.166 e. The molecule has 1 aliphatic rings. The molecule has 18 heavy (non-hydrogen) atoms. The molecule has 98 valence electrons. The van der Waals surface area contributed by atoms with Crippen LogP contribution in [0, 0.1) is 26.7 Å². The minimum atomic E-state index is 0.185. The standard InChI is InChI=1S/C16H23NO/c1-10-8-11(2)15(12(3)9-10)16(18)13-4-6-14(17)7-5-13/h8-9,13-14H,4-7,17H2,1-3H3. The van der Waals surface area contributed by atoms with Crippen molar-refractivity contribution in [3.63, 3.8) is 0 Å². The molecule has 0 amide bonds. The van der Waals surface area contributed by atoms with Gasteiger partial charge >= 0.3 is 0 Å². The molecule has 1 fully saturated rings. The summed E-state index contributed by atoms with van der Waals surface area (Å²) in [5.74, 6) is 0.516. The van der Waals surface area contributed by atoms with Gasteiger partial charge in [0.15, 0.2) is 5.78 Å². The Hall–Kier alpha value is -1.15. The summed E-state index contributed by atoms with van der Waals surface area (Å²) in [4.78, 5) is 12.6. The van der Waals surface area contributed by atoms with Gasteiger partial charge in [0, 0.05) is 17.5 Å². The first kappa shape index (κ1) is 13.3. The quantitative estimate of drug-likeness (QED) is 0.812. The molecule has 0 spiro atoms. The Morgan fingerprint density at radius 1 is 1.06 bits per heavy atom. The molecule has 0 atom stereocenters. The maximum atomic E-state index is 12.6. The van der Waals surface area contributed by atoms with Gasteiger partial charge in [0.05, 0.1) is 0 Å². The maximum absolute atomic E-state index is 12.6. The minimum absolute atomic E-state index is 0.185. The average molecular weight is 245 g/mol. The van der Waals surface area contributed by atoms with Crippen LogP contribution in [0.2, 0.25) is 0 Å². The molecule has 0 aromatic heterocycles. The highest BCUT2D eigenvalue weighted by atomic mass is 16.1. The Morgan fingerprint density at radius 3 is 2.06 bits per heavy atom. The van der Waals surface area contributed by atoms with Crippen molar-refractivity contribution >= 4 is 5.78 Å². The van der Waals surface area contributed by atoms with Crippen LogP contribution in [0.3, 0.4) is 0 Å². The Morgan fingerprint density at radius 2 is 1.56 bits per heavy atom. The van der Waals surface area contributed by atoms with Gasteiger partial charge < -0.3 is 5.73 Å². The van der Waals surface area contributed by atoms with E-state index in [9.17, 15) is 4.79 Å². The van der Waals surface area contributed by atoms with E-state index in [1.54, 1.807) is 0 Å². The number of benzene rings is 1. The van der Waals surface area contributed by atoms with Crippen molar-refractivity contribution in [3.05, 3.63) is 34.4 Å². The van der Waals surface area contributed by atoms with Gasteiger partial charge in [-0.05, 0) is 57.6 Å². The lowest BCUT2D eigenvalue weighted by Gasteiger charge is -2.26. The van der Waals surface area contributed by atoms with Crippen LogP contribution in [0.15, 0.2) is 12.1 Å². The zero-order chi connectivity index (χ0) is 13.3. The number of ketones is 1. The lowest BCUT2D eigenvalue weighted by molar-refractivity contribution is 0.0883.